The van der Waals surface area contributed by atoms with E-state index in [1.54, 1.807) is 12.5 Å². The van der Waals surface area contributed by atoms with Crippen LogP contribution in [0.15, 0.2) is 41.3 Å². The van der Waals surface area contributed by atoms with E-state index in [4.69, 9.17) is 9.15 Å². The van der Waals surface area contributed by atoms with Crippen molar-refractivity contribution in [3.63, 3.8) is 0 Å². The minimum atomic E-state index is -0.0373. The summed E-state index contributed by atoms with van der Waals surface area (Å²) in [4.78, 5) is 14.6. The molecule has 1 N–H and O–H groups in total. The number of aromatic nitrogens is 1. The van der Waals surface area contributed by atoms with Gasteiger partial charge in [0, 0.05) is 50.9 Å². The van der Waals surface area contributed by atoms with E-state index in [9.17, 15) is 4.79 Å². The fourth-order valence-corrected chi connectivity index (χ4v) is 3.84. The monoisotopic (exact) mass is 329 g/mol. The van der Waals surface area contributed by atoms with Crippen molar-refractivity contribution in [2.75, 3.05) is 19.6 Å². The van der Waals surface area contributed by atoms with Gasteiger partial charge in [-0.3, -0.25) is 9.69 Å². The molecule has 128 valence electrons. The number of carbonyl (C=O) groups excluding carboxylic acids is 1. The maximum Gasteiger partial charge on any atom is 0.267 e. The zero-order valence-electron chi connectivity index (χ0n) is 13.9. The molecule has 6 heteroatoms. The van der Waals surface area contributed by atoms with Crippen LogP contribution in [0.1, 0.15) is 22.5 Å². The van der Waals surface area contributed by atoms with E-state index in [-0.39, 0.29) is 18.1 Å². The third kappa shape index (κ3) is 3.12. The molecule has 2 aliphatic rings. The molecule has 0 spiro atoms. The second-order valence-electron chi connectivity index (χ2n) is 6.83. The topological polar surface area (TPSA) is 59.6 Å². The van der Waals surface area contributed by atoms with Gasteiger partial charge in [-0.1, -0.05) is 0 Å². The standard InChI is InChI=1S/C18H23N3O3/c1-20-5-2-3-16(20)18(22)19-8-15-7-14-10-21(11-17(14)24-15)9-13-4-6-23-12-13/h2-6,12,14-15,17H,7-11H2,1H3,(H,19,22)/t14-,15-,17+/m0/s1. The highest BCUT2D eigenvalue weighted by molar-refractivity contribution is 5.92. The van der Waals surface area contributed by atoms with E-state index in [2.05, 4.69) is 10.2 Å². The molecule has 2 saturated heterocycles. The van der Waals surface area contributed by atoms with E-state index in [1.807, 2.05) is 36.0 Å². The minimum Gasteiger partial charge on any atom is -0.472 e. The van der Waals surface area contributed by atoms with Crippen molar-refractivity contribution in [3.05, 3.63) is 48.2 Å². The van der Waals surface area contributed by atoms with Gasteiger partial charge in [-0.05, 0) is 24.6 Å². The Kier molecular flexibility index (Phi) is 4.16. The van der Waals surface area contributed by atoms with Crippen molar-refractivity contribution < 1.29 is 13.9 Å². The molecule has 0 aliphatic carbocycles. The number of amides is 1. The first-order valence-corrected chi connectivity index (χ1v) is 8.47. The van der Waals surface area contributed by atoms with E-state index in [0.717, 1.165) is 26.1 Å². The summed E-state index contributed by atoms with van der Waals surface area (Å²) in [6, 6.07) is 5.71. The van der Waals surface area contributed by atoms with Gasteiger partial charge in [-0.2, -0.15) is 0 Å². The Hall–Kier alpha value is -2.05. The molecule has 4 heterocycles. The smallest absolute Gasteiger partial charge is 0.267 e. The Morgan fingerprint density at radius 3 is 3.00 bits per heavy atom. The first kappa shape index (κ1) is 15.5. The molecule has 4 rings (SSSR count). The van der Waals surface area contributed by atoms with Gasteiger partial charge in [0.2, 0.25) is 0 Å². The van der Waals surface area contributed by atoms with E-state index in [1.165, 1.54) is 5.56 Å². The van der Waals surface area contributed by atoms with Crippen LogP contribution in [0.25, 0.3) is 0 Å². The number of carbonyl (C=O) groups is 1. The fourth-order valence-electron chi connectivity index (χ4n) is 3.84. The SMILES string of the molecule is Cn1cccc1C(=O)NC[C@@H]1C[C@H]2CN(Cc3ccoc3)C[C@H]2O1. The minimum absolute atomic E-state index is 0.0373. The van der Waals surface area contributed by atoms with Crippen molar-refractivity contribution in [2.45, 2.75) is 25.2 Å². The molecule has 24 heavy (non-hydrogen) atoms. The van der Waals surface area contributed by atoms with Gasteiger partial charge >= 0.3 is 0 Å². The lowest BCUT2D eigenvalue weighted by atomic mass is 10.0. The van der Waals surface area contributed by atoms with Crippen LogP contribution in [0.4, 0.5) is 0 Å². The number of nitrogens with zero attached hydrogens (tertiary/aromatic N) is 2. The van der Waals surface area contributed by atoms with Crippen molar-refractivity contribution >= 4 is 5.91 Å². The number of hydrogen-bond donors (Lipinski definition) is 1. The van der Waals surface area contributed by atoms with Gasteiger partial charge in [-0.25, -0.2) is 0 Å². The summed E-state index contributed by atoms with van der Waals surface area (Å²) in [6.07, 6.45) is 6.82. The molecular weight excluding hydrogens is 306 g/mol. The first-order valence-electron chi connectivity index (χ1n) is 8.47. The zero-order valence-corrected chi connectivity index (χ0v) is 13.9. The fraction of sp³-hybridized carbons (Fsp3) is 0.500. The summed E-state index contributed by atoms with van der Waals surface area (Å²) in [5.74, 6) is 0.526. The van der Waals surface area contributed by atoms with E-state index in [0.29, 0.717) is 18.2 Å². The maximum absolute atomic E-state index is 12.2. The number of likely N-dealkylation sites (tertiary alicyclic amines) is 1. The van der Waals surface area contributed by atoms with Crippen LogP contribution in [0.2, 0.25) is 0 Å². The summed E-state index contributed by atoms with van der Waals surface area (Å²) in [6.45, 7) is 3.51. The number of ether oxygens (including phenoxy) is 1. The highest BCUT2D eigenvalue weighted by Gasteiger charge is 2.41. The quantitative estimate of drug-likeness (QED) is 0.906. The van der Waals surface area contributed by atoms with Crippen LogP contribution in [-0.2, 0) is 18.3 Å². The molecule has 2 aromatic rings. The number of furan rings is 1. The summed E-state index contributed by atoms with van der Waals surface area (Å²) in [5.41, 5.74) is 1.89. The Morgan fingerprint density at radius 2 is 2.29 bits per heavy atom. The predicted octanol–water partition coefficient (Wildman–Crippen LogP) is 1.64. The lowest BCUT2D eigenvalue weighted by Gasteiger charge is -2.18. The Bertz CT molecular complexity index is 680. The number of fused-ring (bicyclic) bond motifs is 1. The Morgan fingerprint density at radius 1 is 1.38 bits per heavy atom. The second-order valence-corrected chi connectivity index (χ2v) is 6.83. The van der Waals surface area contributed by atoms with Gasteiger partial charge in [-0.15, -0.1) is 0 Å². The lowest BCUT2D eigenvalue weighted by Crippen LogP contribution is -2.34. The van der Waals surface area contributed by atoms with Crippen LogP contribution in [0.3, 0.4) is 0 Å². The number of aryl methyl sites for hydroxylation is 1. The molecule has 2 fully saturated rings. The molecule has 2 aromatic heterocycles. The number of nitrogens with one attached hydrogen (secondary N) is 1. The highest BCUT2D eigenvalue weighted by Crippen LogP contribution is 2.33. The average molecular weight is 329 g/mol. The Balaban J connectivity index is 1.24. The molecule has 2 aliphatic heterocycles. The second kappa shape index (κ2) is 6.45. The van der Waals surface area contributed by atoms with Gasteiger partial charge in [0.25, 0.3) is 5.91 Å². The maximum atomic E-state index is 12.2. The average Bonchev–Trinajstić information content (AvgIpc) is 3.29. The highest BCUT2D eigenvalue weighted by atomic mass is 16.5. The molecule has 0 unspecified atom stereocenters. The largest absolute Gasteiger partial charge is 0.472 e. The molecule has 3 atom stereocenters. The summed E-state index contributed by atoms with van der Waals surface area (Å²) in [5, 5.41) is 2.99. The molecule has 0 bridgehead atoms. The summed E-state index contributed by atoms with van der Waals surface area (Å²) in [7, 11) is 1.87. The number of rotatable bonds is 5. The predicted molar refractivity (Wildman–Crippen MR) is 88.5 cm³/mol. The van der Waals surface area contributed by atoms with Crippen LogP contribution >= 0.6 is 0 Å². The van der Waals surface area contributed by atoms with Crippen molar-refractivity contribution in [2.24, 2.45) is 13.0 Å². The van der Waals surface area contributed by atoms with Crippen LogP contribution < -0.4 is 5.32 Å². The van der Waals surface area contributed by atoms with Gasteiger partial charge in [0.15, 0.2) is 0 Å². The van der Waals surface area contributed by atoms with Gasteiger partial charge < -0.3 is 19.0 Å². The zero-order chi connectivity index (χ0) is 16.5. The molecule has 0 saturated carbocycles. The van der Waals surface area contributed by atoms with Crippen molar-refractivity contribution in [1.29, 1.82) is 0 Å². The van der Waals surface area contributed by atoms with Gasteiger partial charge in [0.05, 0.1) is 24.7 Å². The van der Waals surface area contributed by atoms with Crippen molar-refractivity contribution in [1.82, 2.24) is 14.8 Å². The number of hydrogen-bond acceptors (Lipinski definition) is 4. The van der Waals surface area contributed by atoms with Crippen LogP contribution in [0.5, 0.6) is 0 Å². The summed E-state index contributed by atoms with van der Waals surface area (Å²) < 4.78 is 13.1. The van der Waals surface area contributed by atoms with Crippen molar-refractivity contribution in [3.8, 4) is 0 Å². The normalized spacial score (nSPS) is 26.6. The molecule has 6 nitrogen and oxygen atoms in total. The molecule has 0 radical (unpaired) electrons. The third-order valence-electron chi connectivity index (χ3n) is 5.04. The molecule has 0 aromatic carbocycles. The third-order valence-corrected chi connectivity index (χ3v) is 5.04. The first-order chi connectivity index (χ1) is 11.7. The van der Waals surface area contributed by atoms with E-state index >= 15 is 0 Å². The lowest BCUT2D eigenvalue weighted by molar-refractivity contribution is 0.0371. The van der Waals surface area contributed by atoms with Gasteiger partial charge in [0.1, 0.15) is 5.69 Å². The van der Waals surface area contributed by atoms with Crippen LogP contribution in [-0.4, -0.2) is 47.2 Å². The molecular formula is C18H23N3O3. The molecule has 1 amide bonds. The summed E-state index contributed by atoms with van der Waals surface area (Å²) >= 11 is 0. The van der Waals surface area contributed by atoms with Crippen LogP contribution in [0, 0.1) is 5.92 Å². The van der Waals surface area contributed by atoms with E-state index < -0.39 is 0 Å². The Labute approximate surface area is 141 Å².